The van der Waals surface area contributed by atoms with Gasteiger partial charge in [0, 0.05) is 9.13 Å². The van der Waals surface area contributed by atoms with Crippen LogP contribution in [-0.2, 0) is 0 Å². The van der Waals surface area contributed by atoms with E-state index in [-0.39, 0.29) is 17.6 Å². The number of carbonyl (C=O) groups is 1. The molecule has 7 heteroatoms. The number of rotatable bonds is 3. The van der Waals surface area contributed by atoms with Gasteiger partial charge in [-0.05, 0) is 65.4 Å². The molecule has 2 aromatic carbocycles. The van der Waals surface area contributed by atoms with Crippen LogP contribution in [0.2, 0.25) is 5.02 Å². The molecule has 0 bridgehead atoms. The molecule has 0 aliphatic rings. The molecule has 1 amide bonds. The fourth-order valence-corrected chi connectivity index (χ4v) is 2.95. The van der Waals surface area contributed by atoms with E-state index in [4.69, 9.17) is 11.6 Å². The summed E-state index contributed by atoms with van der Waals surface area (Å²) in [7, 11) is 0. The minimum Gasteiger partial charge on any atom is -0.346 e. The Morgan fingerprint density at radius 2 is 1.91 bits per heavy atom. The molecule has 0 aliphatic heterocycles. The van der Waals surface area contributed by atoms with Gasteiger partial charge in [-0.25, -0.2) is 4.79 Å². The van der Waals surface area contributed by atoms with Gasteiger partial charge >= 0.3 is 5.69 Å². The summed E-state index contributed by atoms with van der Waals surface area (Å²) in [5.74, 6) is -0.172. The molecule has 118 valence electrons. The molecule has 0 fully saturated rings. The summed E-state index contributed by atoms with van der Waals surface area (Å²) < 4.78 is 0.830. The summed E-state index contributed by atoms with van der Waals surface area (Å²) in [6, 6.07) is 10.5. The van der Waals surface area contributed by atoms with Crippen molar-refractivity contribution in [3.05, 3.63) is 66.6 Å². The van der Waals surface area contributed by atoms with Crippen molar-refractivity contribution in [2.45, 2.75) is 13.0 Å². The molecule has 3 rings (SSSR count). The van der Waals surface area contributed by atoms with Crippen molar-refractivity contribution in [3.63, 3.8) is 0 Å². The molecule has 1 unspecified atom stereocenters. The zero-order valence-electron chi connectivity index (χ0n) is 12.1. The van der Waals surface area contributed by atoms with Crippen LogP contribution in [0.1, 0.15) is 28.9 Å². The largest absolute Gasteiger partial charge is 0.346 e. The van der Waals surface area contributed by atoms with Gasteiger partial charge in [-0.15, -0.1) is 0 Å². The van der Waals surface area contributed by atoms with E-state index in [0.717, 1.165) is 20.2 Å². The molecule has 1 aromatic heterocycles. The van der Waals surface area contributed by atoms with Crippen molar-refractivity contribution in [2.75, 3.05) is 0 Å². The Labute approximate surface area is 150 Å². The fraction of sp³-hybridized carbons (Fsp3) is 0.125. The first-order valence-corrected chi connectivity index (χ1v) is 8.37. The van der Waals surface area contributed by atoms with Gasteiger partial charge in [-0.1, -0.05) is 17.7 Å². The second-order valence-electron chi connectivity index (χ2n) is 5.21. The van der Waals surface area contributed by atoms with E-state index in [0.29, 0.717) is 10.6 Å². The number of imidazole rings is 1. The van der Waals surface area contributed by atoms with Crippen LogP contribution >= 0.6 is 34.2 Å². The third kappa shape index (κ3) is 3.42. The minimum absolute atomic E-state index is 0.172. The highest BCUT2D eigenvalue weighted by atomic mass is 127. The summed E-state index contributed by atoms with van der Waals surface area (Å²) >= 11 is 8.06. The normalized spacial score (nSPS) is 12.3. The maximum atomic E-state index is 12.3. The summed E-state index contributed by atoms with van der Waals surface area (Å²) in [6.45, 7) is 1.89. The number of benzene rings is 2. The van der Waals surface area contributed by atoms with Gasteiger partial charge in [0.1, 0.15) is 0 Å². The first-order chi connectivity index (χ1) is 10.9. The lowest BCUT2D eigenvalue weighted by Crippen LogP contribution is -2.26. The van der Waals surface area contributed by atoms with E-state index >= 15 is 0 Å². The predicted molar refractivity (Wildman–Crippen MR) is 99.0 cm³/mol. The van der Waals surface area contributed by atoms with Gasteiger partial charge in [0.25, 0.3) is 5.91 Å². The maximum Gasteiger partial charge on any atom is 0.323 e. The number of carbonyl (C=O) groups excluding carboxylic acids is 1. The Bertz CT molecular complexity index is 948. The number of fused-ring (bicyclic) bond motifs is 1. The Morgan fingerprint density at radius 1 is 1.17 bits per heavy atom. The molecule has 0 saturated carbocycles. The summed E-state index contributed by atoms with van der Waals surface area (Å²) in [6.07, 6.45) is 0. The summed E-state index contributed by atoms with van der Waals surface area (Å²) in [5, 5.41) is 3.57. The Morgan fingerprint density at radius 3 is 2.65 bits per heavy atom. The average Bonchev–Trinajstić information content (AvgIpc) is 2.88. The number of aromatic nitrogens is 2. The third-order valence-corrected chi connectivity index (χ3v) is 5.11. The predicted octanol–water partition coefficient (Wildman–Crippen LogP) is 3.61. The van der Waals surface area contributed by atoms with Gasteiger partial charge in [0.05, 0.1) is 22.1 Å². The average molecular weight is 442 g/mol. The Kier molecular flexibility index (Phi) is 4.45. The van der Waals surface area contributed by atoms with Crippen LogP contribution in [0.4, 0.5) is 0 Å². The highest BCUT2D eigenvalue weighted by Crippen LogP contribution is 2.21. The van der Waals surface area contributed by atoms with E-state index in [1.807, 2.05) is 25.1 Å². The standard InChI is InChI=1S/C16H13ClIN3O2/c1-8(9-3-5-13-14(7-9)21-16(23)20-13)19-15(22)10-2-4-11(17)12(18)6-10/h2-8H,1H3,(H,19,22)(H2,20,21,23). The SMILES string of the molecule is CC(NC(=O)c1ccc(Cl)c(I)c1)c1ccc2[nH]c(=O)[nH]c2c1. The van der Waals surface area contributed by atoms with Crippen molar-refractivity contribution >= 4 is 51.1 Å². The molecule has 3 N–H and O–H groups in total. The van der Waals surface area contributed by atoms with Gasteiger partial charge < -0.3 is 15.3 Å². The first-order valence-electron chi connectivity index (χ1n) is 6.92. The lowest BCUT2D eigenvalue weighted by Gasteiger charge is -2.15. The van der Waals surface area contributed by atoms with Crippen LogP contribution in [0.5, 0.6) is 0 Å². The Balaban J connectivity index is 1.81. The number of amides is 1. The minimum atomic E-state index is -0.246. The molecule has 0 aliphatic carbocycles. The van der Waals surface area contributed by atoms with Crippen molar-refractivity contribution in [2.24, 2.45) is 0 Å². The van der Waals surface area contributed by atoms with Crippen LogP contribution in [0.15, 0.2) is 41.2 Å². The van der Waals surface area contributed by atoms with E-state index in [2.05, 4.69) is 37.9 Å². The van der Waals surface area contributed by atoms with Crippen molar-refractivity contribution in [1.29, 1.82) is 0 Å². The smallest absolute Gasteiger partial charge is 0.323 e. The van der Waals surface area contributed by atoms with E-state index in [9.17, 15) is 9.59 Å². The van der Waals surface area contributed by atoms with E-state index < -0.39 is 0 Å². The van der Waals surface area contributed by atoms with Crippen molar-refractivity contribution in [3.8, 4) is 0 Å². The zero-order valence-corrected chi connectivity index (χ0v) is 15.0. The molecule has 1 atom stereocenters. The van der Waals surface area contributed by atoms with Gasteiger partial charge in [0.2, 0.25) is 0 Å². The zero-order chi connectivity index (χ0) is 16.6. The number of nitrogens with one attached hydrogen (secondary N) is 3. The van der Waals surface area contributed by atoms with Gasteiger partial charge in [-0.3, -0.25) is 4.79 Å². The number of hydrogen-bond donors (Lipinski definition) is 3. The number of halogens is 2. The Hall–Kier alpha value is -1.80. The molecule has 3 aromatic rings. The van der Waals surface area contributed by atoms with Crippen LogP contribution < -0.4 is 11.0 Å². The second kappa shape index (κ2) is 6.37. The van der Waals surface area contributed by atoms with Crippen molar-refractivity contribution < 1.29 is 4.79 Å². The molecule has 5 nitrogen and oxygen atoms in total. The quantitative estimate of drug-likeness (QED) is 0.543. The molecule has 0 saturated heterocycles. The lowest BCUT2D eigenvalue weighted by molar-refractivity contribution is 0.0940. The van der Waals surface area contributed by atoms with Crippen LogP contribution in [0.25, 0.3) is 11.0 Å². The first kappa shape index (κ1) is 16.1. The lowest BCUT2D eigenvalue weighted by atomic mass is 10.1. The fourth-order valence-electron chi connectivity index (χ4n) is 2.32. The number of aromatic amines is 2. The number of hydrogen-bond acceptors (Lipinski definition) is 2. The molecular formula is C16H13ClIN3O2. The van der Waals surface area contributed by atoms with Gasteiger partial charge in [-0.2, -0.15) is 0 Å². The molecule has 23 heavy (non-hydrogen) atoms. The van der Waals surface area contributed by atoms with Gasteiger partial charge in [0.15, 0.2) is 0 Å². The van der Waals surface area contributed by atoms with Crippen LogP contribution in [0.3, 0.4) is 0 Å². The van der Waals surface area contributed by atoms with E-state index in [1.54, 1.807) is 18.2 Å². The molecule has 0 spiro atoms. The molecule has 1 heterocycles. The second-order valence-corrected chi connectivity index (χ2v) is 6.78. The summed E-state index contributed by atoms with van der Waals surface area (Å²) in [4.78, 5) is 29.0. The highest BCUT2D eigenvalue weighted by Gasteiger charge is 2.13. The van der Waals surface area contributed by atoms with Crippen LogP contribution in [0, 0.1) is 3.57 Å². The third-order valence-electron chi connectivity index (χ3n) is 3.57. The highest BCUT2D eigenvalue weighted by molar-refractivity contribution is 14.1. The maximum absolute atomic E-state index is 12.3. The molecule has 0 radical (unpaired) electrons. The van der Waals surface area contributed by atoms with Crippen molar-refractivity contribution in [1.82, 2.24) is 15.3 Å². The number of H-pyrrole nitrogens is 2. The van der Waals surface area contributed by atoms with Crippen LogP contribution in [-0.4, -0.2) is 15.9 Å². The van der Waals surface area contributed by atoms with E-state index in [1.165, 1.54) is 0 Å². The molecular weight excluding hydrogens is 429 g/mol. The topological polar surface area (TPSA) is 77.8 Å². The summed E-state index contributed by atoms with van der Waals surface area (Å²) in [5.41, 5.74) is 2.68. The monoisotopic (exact) mass is 441 g/mol.